The van der Waals surface area contributed by atoms with Crippen LogP contribution in [0.15, 0.2) is 12.1 Å². The van der Waals surface area contributed by atoms with E-state index in [9.17, 15) is 26.3 Å². The fourth-order valence-corrected chi connectivity index (χ4v) is 2.41. The first-order valence-electron chi connectivity index (χ1n) is 6.45. The standard InChI is InChI=1S/C13H14F6N2O/c1-22-10-5-7(12(14,15)16)4-8(13(17,18)19)11(10)9-6-20-2-3-21-9/h4-5,9,20-21H,2-3,6H2,1H3/t9-/m1/s1. The zero-order chi connectivity index (χ0) is 16.5. The number of hydrogen-bond donors (Lipinski definition) is 2. The number of halogens is 6. The topological polar surface area (TPSA) is 33.3 Å². The summed E-state index contributed by atoms with van der Waals surface area (Å²) in [6.07, 6.45) is -9.80. The summed E-state index contributed by atoms with van der Waals surface area (Å²) in [7, 11) is 1.05. The van der Waals surface area contributed by atoms with Crippen molar-refractivity contribution in [3.63, 3.8) is 0 Å². The Morgan fingerprint density at radius 2 is 1.73 bits per heavy atom. The molecule has 0 aromatic heterocycles. The lowest BCUT2D eigenvalue weighted by Gasteiger charge is -2.29. The lowest BCUT2D eigenvalue weighted by atomic mass is 9.94. The SMILES string of the molecule is COc1cc(C(F)(F)F)cc(C(F)(F)F)c1[C@H]1CNCCN1. The van der Waals surface area contributed by atoms with Crippen LogP contribution in [0, 0.1) is 0 Å². The summed E-state index contributed by atoms with van der Waals surface area (Å²) in [5.41, 5.74) is -3.03. The fraction of sp³-hybridized carbons (Fsp3) is 0.538. The smallest absolute Gasteiger partial charge is 0.416 e. The van der Waals surface area contributed by atoms with Crippen molar-refractivity contribution >= 4 is 0 Å². The summed E-state index contributed by atoms with van der Waals surface area (Å²) in [6, 6.07) is -0.0442. The van der Waals surface area contributed by atoms with Crippen LogP contribution in [0.1, 0.15) is 22.7 Å². The molecule has 0 unspecified atom stereocenters. The van der Waals surface area contributed by atoms with Gasteiger partial charge in [-0.25, -0.2) is 0 Å². The third kappa shape index (κ3) is 3.46. The maximum Gasteiger partial charge on any atom is 0.416 e. The maximum absolute atomic E-state index is 13.2. The average Bonchev–Trinajstić information content (AvgIpc) is 2.44. The Morgan fingerprint density at radius 1 is 1.05 bits per heavy atom. The molecule has 1 atom stereocenters. The molecule has 0 saturated carbocycles. The maximum atomic E-state index is 13.2. The van der Waals surface area contributed by atoms with E-state index in [0.717, 1.165) is 7.11 Å². The molecule has 0 bridgehead atoms. The molecule has 1 saturated heterocycles. The van der Waals surface area contributed by atoms with Gasteiger partial charge < -0.3 is 15.4 Å². The van der Waals surface area contributed by atoms with Crippen molar-refractivity contribution in [3.8, 4) is 5.75 Å². The van der Waals surface area contributed by atoms with Crippen molar-refractivity contribution in [2.24, 2.45) is 0 Å². The molecule has 1 aliphatic rings. The lowest BCUT2D eigenvalue weighted by Crippen LogP contribution is -2.43. The number of ether oxygens (including phenoxy) is 1. The average molecular weight is 328 g/mol. The van der Waals surface area contributed by atoms with Crippen LogP contribution in [0.5, 0.6) is 5.75 Å². The first-order chi connectivity index (χ1) is 10.1. The molecule has 3 nitrogen and oxygen atoms in total. The molecule has 0 aliphatic carbocycles. The van der Waals surface area contributed by atoms with Crippen molar-refractivity contribution in [2.75, 3.05) is 26.7 Å². The molecule has 1 aromatic carbocycles. The molecule has 2 rings (SSSR count). The molecule has 0 spiro atoms. The van der Waals surface area contributed by atoms with E-state index in [0.29, 0.717) is 19.2 Å². The number of nitrogens with one attached hydrogen (secondary N) is 2. The van der Waals surface area contributed by atoms with Crippen LogP contribution in [0.3, 0.4) is 0 Å². The van der Waals surface area contributed by atoms with Crippen molar-refractivity contribution in [2.45, 2.75) is 18.4 Å². The minimum atomic E-state index is -4.91. The van der Waals surface area contributed by atoms with Gasteiger partial charge in [0.15, 0.2) is 0 Å². The minimum absolute atomic E-state index is 0.133. The summed E-state index contributed by atoms with van der Waals surface area (Å²) < 4.78 is 82.8. The summed E-state index contributed by atoms with van der Waals surface area (Å²) in [4.78, 5) is 0. The van der Waals surface area contributed by atoms with Crippen LogP contribution in [0.4, 0.5) is 26.3 Å². The number of hydrogen-bond acceptors (Lipinski definition) is 3. The molecule has 1 heterocycles. The zero-order valence-corrected chi connectivity index (χ0v) is 11.5. The van der Waals surface area contributed by atoms with Crippen molar-refractivity contribution in [1.29, 1.82) is 0 Å². The minimum Gasteiger partial charge on any atom is -0.496 e. The molecule has 124 valence electrons. The van der Waals surface area contributed by atoms with Gasteiger partial charge in [0, 0.05) is 31.2 Å². The first-order valence-corrected chi connectivity index (χ1v) is 6.45. The molecule has 22 heavy (non-hydrogen) atoms. The molecule has 1 fully saturated rings. The quantitative estimate of drug-likeness (QED) is 0.819. The van der Waals surface area contributed by atoms with E-state index < -0.39 is 35.3 Å². The predicted octanol–water partition coefficient (Wildman–Crippen LogP) is 2.97. The van der Waals surface area contributed by atoms with Crippen LogP contribution < -0.4 is 15.4 Å². The first kappa shape index (κ1) is 16.9. The highest BCUT2D eigenvalue weighted by Gasteiger charge is 2.41. The predicted molar refractivity (Wildman–Crippen MR) is 66.6 cm³/mol. The molecule has 0 amide bonds. The van der Waals surface area contributed by atoms with Crippen LogP contribution in [0.25, 0.3) is 0 Å². The Hall–Kier alpha value is -1.48. The van der Waals surface area contributed by atoms with E-state index >= 15 is 0 Å². The van der Waals surface area contributed by atoms with Crippen LogP contribution in [0.2, 0.25) is 0 Å². The van der Waals surface area contributed by atoms with Gasteiger partial charge in [0.25, 0.3) is 0 Å². The fourth-order valence-electron chi connectivity index (χ4n) is 2.41. The van der Waals surface area contributed by atoms with Crippen molar-refractivity contribution < 1.29 is 31.1 Å². The number of piperazine rings is 1. The van der Waals surface area contributed by atoms with Gasteiger partial charge in [-0.15, -0.1) is 0 Å². The van der Waals surface area contributed by atoms with E-state index in [1.165, 1.54) is 0 Å². The van der Waals surface area contributed by atoms with Gasteiger partial charge in [-0.05, 0) is 12.1 Å². The van der Waals surface area contributed by atoms with Crippen LogP contribution >= 0.6 is 0 Å². The molecule has 9 heteroatoms. The summed E-state index contributed by atoms with van der Waals surface area (Å²) in [5.74, 6) is -0.427. The highest BCUT2D eigenvalue weighted by molar-refractivity contribution is 5.48. The molecular formula is C13H14F6N2O. The van der Waals surface area contributed by atoms with E-state index in [-0.39, 0.29) is 18.2 Å². The number of alkyl halides is 6. The van der Waals surface area contributed by atoms with Gasteiger partial charge in [-0.1, -0.05) is 0 Å². The van der Waals surface area contributed by atoms with E-state index in [2.05, 4.69) is 10.6 Å². The Labute approximate surface area is 122 Å². The van der Waals surface area contributed by atoms with Gasteiger partial charge in [0.1, 0.15) is 5.75 Å². The van der Waals surface area contributed by atoms with Gasteiger partial charge in [0.05, 0.1) is 18.2 Å². The molecule has 2 N–H and O–H groups in total. The van der Waals surface area contributed by atoms with E-state index in [4.69, 9.17) is 4.74 Å². The second kappa shape index (κ2) is 5.96. The summed E-state index contributed by atoms with van der Waals surface area (Å²) >= 11 is 0. The third-order valence-electron chi connectivity index (χ3n) is 3.38. The largest absolute Gasteiger partial charge is 0.496 e. The number of rotatable bonds is 2. The second-order valence-corrected chi connectivity index (χ2v) is 4.85. The zero-order valence-electron chi connectivity index (χ0n) is 11.5. The second-order valence-electron chi connectivity index (χ2n) is 4.85. The van der Waals surface area contributed by atoms with Crippen LogP contribution in [-0.2, 0) is 12.4 Å². The Morgan fingerprint density at radius 3 is 2.18 bits per heavy atom. The highest BCUT2D eigenvalue weighted by Crippen LogP contribution is 2.43. The molecule has 1 aromatic rings. The van der Waals surface area contributed by atoms with Gasteiger partial charge in [0.2, 0.25) is 0 Å². The summed E-state index contributed by atoms with van der Waals surface area (Å²) in [5, 5.41) is 5.76. The van der Waals surface area contributed by atoms with E-state index in [1.54, 1.807) is 0 Å². The number of benzene rings is 1. The lowest BCUT2D eigenvalue weighted by molar-refractivity contribution is -0.143. The Balaban J connectivity index is 2.63. The molecular weight excluding hydrogens is 314 g/mol. The van der Waals surface area contributed by atoms with Gasteiger partial charge in [-0.3, -0.25) is 0 Å². The van der Waals surface area contributed by atoms with Crippen molar-refractivity contribution in [3.05, 3.63) is 28.8 Å². The highest BCUT2D eigenvalue weighted by atomic mass is 19.4. The van der Waals surface area contributed by atoms with Crippen LogP contribution in [-0.4, -0.2) is 26.7 Å². The van der Waals surface area contributed by atoms with Gasteiger partial charge >= 0.3 is 12.4 Å². The number of methoxy groups -OCH3 is 1. The van der Waals surface area contributed by atoms with Gasteiger partial charge in [-0.2, -0.15) is 26.3 Å². The van der Waals surface area contributed by atoms with Crippen molar-refractivity contribution in [1.82, 2.24) is 10.6 Å². The Kier molecular flexibility index (Phi) is 4.57. The van der Waals surface area contributed by atoms with E-state index in [1.807, 2.05) is 0 Å². The monoisotopic (exact) mass is 328 g/mol. The summed E-state index contributed by atoms with van der Waals surface area (Å²) in [6.45, 7) is 1.15. The normalized spacial score (nSPS) is 20.0. The molecule has 1 aliphatic heterocycles. The Bertz CT molecular complexity index is 535. The third-order valence-corrected chi connectivity index (χ3v) is 3.38. The molecule has 0 radical (unpaired) electrons.